The van der Waals surface area contributed by atoms with E-state index in [4.69, 9.17) is 22.1 Å². The van der Waals surface area contributed by atoms with Crippen LogP contribution in [-0.4, -0.2) is 23.0 Å². The number of allylic oxidation sites excluding steroid dienone is 2. The molecular weight excluding hydrogens is 438 g/mol. The summed E-state index contributed by atoms with van der Waals surface area (Å²) in [6.07, 6.45) is 11.1. The van der Waals surface area contributed by atoms with Gasteiger partial charge in [0.2, 0.25) is 0 Å². The molecule has 1 aliphatic heterocycles. The molecule has 1 aliphatic carbocycles. The van der Waals surface area contributed by atoms with Crippen LogP contribution in [0.4, 0.5) is 0 Å². The zero-order chi connectivity index (χ0) is 23.4. The Morgan fingerprint density at radius 1 is 1.06 bits per heavy atom. The first-order valence-electron chi connectivity index (χ1n) is 11.8. The van der Waals surface area contributed by atoms with E-state index in [1.165, 1.54) is 0 Å². The third-order valence-electron chi connectivity index (χ3n) is 6.53. The Hall–Kier alpha value is -2.57. The normalized spacial score (nSPS) is 22.6. The molecule has 2 heterocycles. The lowest BCUT2D eigenvalue weighted by molar-refractivity contribution is 0.0948. The van der Waals surface area contributed by atoms with Crippen molar-refractivity contribution in [2.24, 2.45) is 5.73 Å². The number of nitrogens with two attached hydrogens (primary N) is 1. The second-order valence-electron chi connectivity index (χ2n) is 9.12. The van der Waals surface area contributed by atoms with Gasteiger partial charge in [0.15, 0.2) is 0 Å². The van der Waals surface area contributed by atoms with Crippen molar-refractivity contribution >= 4 is 17.5 Å². The SMILES string of the molecule is Cc1cc2c(c(=O)[nH]1)CNC(=O)c1cc(Cl)cc(OC3CCC(N)CC3)c1C/C=C/CCC2. The molecule has 1 aromatic heterocycles. The van der Waals surface area contributed by atoms with Crippen molar-refractivity contribution in [2.75, 3.05) is 0 Å². The number of aromatic amines is 1. The lowest BCUT2D eigenvalue weighted by Gasteiger charge is -2.28. The minimum Gasteiger partial charge on any atom is -0.490 e. The van der Waals surface area contributed by atoms with Gasteiger partial charge < -0.3 is 20.8 Å². The number of aryl methyl sites for hydroxylation is 2. The molecule has 0 spiro atoms. The third kappa shape index (κ3) is 5.87. The minimum atomic E-state index is -0.262. The van der Waals surface area contributed by atoms with Gasteiger partial charge >= 0.3 is 0 Å². The van der Waals surface area contributed by atoms with Crippen LogP contribution in [0, 0.1) is 6.92 Å². The number of fused-ring (bicyclic) bond motifs is 2. The maximum Gasteiger partial charge on any atom is 0.253 e. The van der Waals surface area contributed by atoms with E-state index in [0.29, 0.717) is 28.3 Å². The van der Waals surface area contributed by atoms with Crippen molar-refractivity contribution < 1.29 is 9.53 Å². The highest BCUT2D eigenvalue weighted by Gasteiger charge is 2.23. The minimum absolute atomic E-state index is 0.0673. The van der Waals surface area contributed by atoms with Crippen LogP contribution < -0.4 is 21.3 Å². The summed E-state index contributed by atoms with van der Waals surface area (Å²) in [4.78, 5) is 28.7. The van der Waals surface area contributed by atoms with Crippen LogP contribution in [0.15, 0.2) is 35.1 Å². The van der Waals surface area contributed by atoms with Crippen molar-refractivity contribution in [3.63, 3.8) is 0 Å². The van der Waals surface area contributed by atoms with E-state index in [9.17, 15) is 9.59 Å². The van der Waals surface area contributed by atoms with E-state index in [0.717, 1.165) is 61.8 Å². The Morgan fingerprint density at radius 2 is 1.85 bits per heavy atom. The van der Waals surface area contributed by atoms with Crippen LogP contribution in [0.1, 0.15) is 71.3 Å². The molecule has 1 amide bonds. The lowest BCUT2D eigenvalue weighted by atomic mass is 9.93. The number of nitrogens with one attached hydrogen (secondary N) is 2. The number of carbonyl (C=O) groups excluding carboxylic acids is 1. The molecule has 0 bridgehead atoms. The number of H-pyrrole nitrogens is 1. The number of benzene rings is 1. The van der Waals surface area contributed by atoms with E-state index < -0.39 is 0 Å². The summed E-state index contributed by atoms with van der Waals surface area (Å²) in [6.45, 7) is 2.04. The van der Waals surface area contributed by atoms with Gasteiger partial charge in [-0.1, -0.05) is 23.8 Å². The van der Waals surface area contributed by atoms with Crippen molar-refractivity contribution in [1.29, 1.82) is 0 Å². The average Bonchev–Trinajstić information content (AvgIpc) is 2.78. The fraction of sp³-hybridized carbons (Fsp3) is 0.462. The van der Waals surface area contributed by atoms with Crippen LogP contribution in [0.2, 0.25) is 5.02 Å². The molecule has 4 rings (SSSR count). The van der Waals surface area contributed by atoms with Crippen molar-refractivity contribution in [2.45, 2.75) is 77.0 Å². The fourth-order valence-corrected chi connectivity index (χ4v) is 4.92. The predicted octanol–water partition coefficient (Wildman–Crippen LogP) is 4.35. The first kappa shape index (κ1) is 23.6. The Balaban J connectivity index is 1.66. The molecule has 1 aromatic carbocycles. The first-order valence-corrected chi connectivity index (χ1v) is 12.2. The highest BCUT2D eigenvalue weighted by atomic mass is 35.5. The first-order chi connectivity index (χ1) is 15.9. The summed E-state index contributed by atoms with van der Waals surface area (Å²) in [7, 11) is 0. The Labute approximate surface area is 199 Å². The summed E-state index contributed by atoms with van der Waals surface area (Å²) in [5.41, 5.74) is 9.61. The molecule has 176 valence electrons. The second-order valence-corrected chi connectivity index (χ2v) is 9.56. The summed E-state index contributed by atoms with van der Waals surface area (Å²) in [5.74, 6) is 0.392. The summed E-state index contributed by atoms with van der Waals surface area (Å²) in [5, 5.41) is 3.40. The molecule has 33 heavy (non-hydrogen) atoms. The van der Waals surface area contributed by atoms with Crippen molar-refractivity contribution in [3.05, 3.63) is 73.7 Å². The molecule has 1 saturated carbocycles. The zero-order valence-corrected chi connectivity index (χ0v) is 19.8. The summed E-state index contributed by atoms with van der Waals surface area (Å²) < 4.78 is 6.36. The van der Waals surface area contributed by atoms with Gasteiger partial charge in [0.05, 0.1) is 6.10 Å². The summed E-state index contributed by atoms with van der Waals surface area (Å²) in [6, 6.07) is 5.72. The van der Waals surface area contributed by atoms with Gasteiger partial charge in [-0.25, -0.2) is 0 Å². The molecule has 6 nitrogen and oxygen atoms in total. The Kier molecular flexibility index (Phi) is 7.56. The Morgan fingerprint density at radius 3 is 2.64 bits per heavy atom. The van der Waals surface area contributed by atoms with Gasteiger partial charge in [-0.2, -0.15) is 0 Å². The number of rotatable bonds is 2. The van der Waals surface area contributed by atoms with Gasteiger partial charge in [0, 0.05) is 40.0 Å². The molecule has 0 radical (unpaired) electrons. The number of carbonyl (C=O) groups is 1. The Bertz CT molecular complexity index is 1100. The van der Waals surface area contributed by atoms with Crippen LogP contribution in [0.5, 0.6) is 5.75 Å². The van der Waals surface area contributed by atoms with Gasteiger partial charge in [-0.3, -0.25) is 9.59 Å². The van der Waals surface area contributed by atoms with Gasteiger partial charge in [-0.15, -0.1) is 0 Å². The zero-order valence-electron chi connectivity index (χ0n) is 19.1. The van der Waals surface area contributed by atoms with Crippen LogP contribution in [0.25, 0.3) is 0 Å². The third-order valence-corrected chi connectivity index (χ3v) is 6.74. The predicted molar refractivity (Wildman–Crippen MR) is 131 cm³/mol. The van der Waals surface area contributed by atoms with Crippen LogP contribution in [-0.2, 0) is 19.4 Å². The monoisotopic (exact) mass is 469 g/mol. The van der Waals surface area contributed by atoms with E-state index in [2.05, 4.69) is 22.5 Å². The second kappa shape index (κ2) is 10.6. The number of hydrogen-bond donors (Lipinski definition) is 3. The topological polar surface area (TPSA) is 97.2 Å². The van der Waals surface area contributed by atoms with Crippen molar-refractivity contribution in [1.82, 2.24) is 10.3 Å². The highest BCUT2D eigenvalue weighted by molar-refractivity contribution is 6.31. The number of pyridine rings is 1. The molecule has 7 heteroatoms. The quantitative estimate of drug-likeness (QED) is 0.569. The number of amides is 1. The van der Waals surface area contributed by atoms with Crippen LogP contribution >= 0.6 is 11.6 Å². The van der Waals surface area contributed by atoms with E-state index in [1.54, 1.807) is 12.1 Å². The molecule has 0 atom stereocenters. The van der Waals surface area contributed by atoms with Crippen LogP contribution in [0.3, 0.4) is 0 Å². The fourth-order valence-electron chi connectivity index (χ4n) is 4.71. The molecule has 1 fully saturated rings. The van der Waals surface area contributed by atoms with E-state index >= 15 is 0 Å². The van der Waals surface area contributed by atoms with E-state index in [-0.39, 0.29) is 30.2 Å². The summed E-state index contributed by atoms with van der Waals surface area (Å²) >= 11 is 6.41. The lowest BCUT2D eigenvalue weighted by Crippen LogP contribution is -2.32. The number of halogens is 1. The standard InChI is InChI=1S/C26H32ClN3O3/c1-16-12-17-6-4-2-3-5-7-21-22(25(31)29-15-23(17)26(32)30-16)13-18(27)14-24(21)33-20-10-8-19(28)9-11-20/h3,5,12-14,19-20H,2,4,6-11,15,28H2,1H3,(H,29,31)(H,30,32)/b5-3+. The number of ether oxygens (including phenoxy) is 1. The molecular formula is C26H32ClN3O3. The number of hydrogen-bond acceptors (Lipinski definition) is 4. The smallest absolute Gasteiger partial charge is 0.253 e. The maximum absolute atomic E-state index is 13.3. The van der Waals surface area contributed by atoms with E-state index in [1.807, 2.05) is 13.0 Å². The largest absolute Gasteiger partial charge is 0.490 e. The number of aromatic nitrogens is 1. The molecule has 2 aliphatic rings. The maximum atomic E-state index is 13.3. The van der Waals surface area contributed by atoms with Crippen molar-refractivity contribution in [3.8, 4) is 5.75 Å². The van der Waals surface area contributed by atoms with Gasteiger partial charge in [-0.05, 0) is 82.1 Å². The molecule has 0 unspecified atom stereocenters. The molecule has 2 aromatic rings. The van der Waals surface area contributed by atoms with Gasteiger partial charge in [0.25, 0.3) is 11.5 Å². The highest BCUT2D eigenvalue weighted by Crippen LogP contribution is 2.32. The average molecular weight is 470 g/mol. The molecule has 4 N–H and O–H groups in total. The molecule has 0 saturated heterocycles. The van der Waals surface area contributed by atoms with Gasteiger partial charge in [0.1, 0.15) is 5.75 Å².